The summed E-state index contributed by atoms with van der Waals surface area (Å²) >= 11 is 12.0. The minimum atomic E-state index is -0.400. The zero-order valence-corrected chi connectivity index (χ0v) is 15.4. The van der Waals surface area contributed by atoms with E-state index >= 15 is 0 Å². The van der Waals surface area contributed by atoms with E-state index in [1.165, 1.54) is 18.2 Å². The summed E-state index contributed by atoms with van der Waals surface area (Å²) in [6.45, 7) is 0.915. The van der Waals surface area contributed by atoms with Crippen LogP contribution in [0.4, 0.5) is 10.1 Å². The highest BCUT2D eigenvalue weighted by molar-refractivity contribution is 6.36. The summed E-state index contributed by atoms with van der Waals surface area (Å²) in [7, 11) is 0. The number of amides is 2. The Kier molecular flexibility index (Phi) is 5.79. The van der Waals surface area contributed by atoms with E-state index in [2.05, 4.69) is 5.32 Å². The summed E-state index contributed by atoms with van der Waals surface area (Å²) in [4.78, 5) is 26.6. The van der Waals surface area contributed by atoms with Gasteiger partial charge >= 0.3 is 0 Å². The smallest absolute Gasteiger partial charge is 0.255 e. The summed E-state index contributed by atoms with van der Waals surface area (Å²) in [5, 5.41) is 3.51. The van der Waals surface area contributed by atoms with Crippen LogP contribution in [-0.2, 0) is 4.79 Å². The number of carbonyl (C=O) groups excluding carboxylic acids is 2. The van der Waals surface area contributed by atoms with Crippen LogP contribution < -0.4 is 5.32 Å². The van der Waals surface area contributed by atoms with Crippen LogP contribution in [-0.4, -0.2) is 29.8 Å². The van der Waals surface area contributed by atoms with Crippen molar-refractivity contribution in [2.75, 3.05) is 18.4 Å². The number of rotatable bonds is 3. The number of nitrogens with zero attached hydrogens (tertiary/aromatic N) is 1. The molecule has 3 rings (SSSR count). The van der Waals surface area contributed by atoms with Crippen molar-refractivity contribution in [1.29, 1.82) is 0 Å². The molecule has 1 N–H and O–H groups in total. The van der Waals surface area contributed by atoms with E-state index in [9.17, 15) is 14.0 Å². The molecule has 136 valence electrons. The van der Waals surface area contributed by atoms with Gasteiger partial charge < -0.3 is 10.2 Å². The summed E-state index contributed by atoms with van der Waals surface area (Å²) in [5.41, 5.74) is 0.834. The van der Waals surface area contributed by atoms with Crippen LogP contribution in [0.5, 0.6) is 0 Å². The number of hydrogen-bond donors (Lipinski definition) is 1. The fraction of sp³-hybridized carbons (Fsp3) is 0.263. The highest BCUT2D eigenvalue weighted by Crippen LogP contribution is 2.25. The Balaban J connectivity index is 1.58. The van der Waals surface area contributed by atoms with Crippen molar-refractivity contribution in [3.8, 4) is 0 Å². The molecule has 4 nitrogen and oxygen atoms in total. The molecule has 1 aliphatic rings. The van der Waals surface area contributed by atoms with Crippen LogP contribution in [0.15, 0.2) is 42.5 Å². The average molecular weight is 395 g/mol. The molecule has 0 atom stereocenters. The van der Waals surface area contributed by atoms with Gasteiger partial charge in [-0.05, 0) is 49.2 Å². The summed E-state index contributed by atoms with van der Waals surface area (Å²) < 4.78 is 13.2. The van der Waals surface area contributed by atoms with Crippen LogP contribution in [0, 0.1) is 11.7 Å². The molecule has 0 unspecified atom stereocenters. The molecule has 0 spiro atoms. The minimum Gasteiger partial charge on any atom is -0.339 e. The van der Waals surface area contributed by atoms with Gasteiger partial charge in [-0.25, -0.2) is 4.39 Å². The Morgan fingerprint density at radius 2 is 1.81 bits per heavy atom. The third-order valence-electron chi connectivity index (χ3n) is 4.41. The van der Waals surface area contributed by atoms with E-state index in [-0.39, 0.29) is 17.7 Å². The first-order chi connectivity index (χ1) is 12.4. The van der Waals surface area contributed by atoms with Crippen LogP contribution in [0.3, 0.4) is 0 Å². The molecule has 0 bridgehead atoms. The fourth-order valence-corrected chi connectivity index (χ4v) is 3.48. The first-order valence-electron chi connectivity index (χ1n) is 8.25. The van der Waals surface area contributed by atoms with Crippen molar-refractivity contribution in [2.45, 2.75) is 12.8 Å². The standard InChI is InChI=1S/C19H17Cl2FN2O2/c20-13-4-5-16(17(21)10-13)19(26)24-8-6-12(7-9-24)18(25)23-15-3-1-2-14(22)11-15/h1-5,10-12H,6-9H2,(H,23,25). The van der Waals surface area contributed by atoms with Crippen molar-refractivity contribution in [3.63, 3.8) is 0 Å². The van der Waals surface area contributed by atoms with Gasteiger partial charge in [0.05, 0.1) is 10.6 Å². The maximum Gasteiger partial charge on any atom is 0.255 e. The van der Waals surface area contributed by atoms with E-state index in [0.717, 1.165) is 0 Å². The van der Waals surface area contributed by atoms with Gasteiger partial charge in [0.15, 0.2) is 0 Å². The van der Waals surface area contributed by atoms with E-state index in [4.69, 9.17) is 23.2 Å². The van der Waals surface area contributed by atoms with Crippen LogP contribution >= 0.6 is 23.2 Å². The molecule has 2 aromatic carbocycles. The topological polar surface area (TPSA) is 49.4 Å². The van der Waals surface area contributed by atoms with E-state index in [1.54, 1.807) is 29.2 Å². The summed E-state index contributed by atoms with van der Waals surface area (Å²) in [6, 6.07) is 10.6. The molecule has 0 aromatic heterocycles. The number of hydrogen-bond acceptors (Lipinski definition) is 2. The minimum absolute atomic E-state index is 0.160. The number of anilines is 1. The van der Waals surface area contributed by atoms with Crippen molar-refractivity contribution < 1.29 is 14.0 Å². The second-order valence-corrected chi connectivity index (χ2v) is 7.03. The van der Waals surface area contributed by atoms with Gasteiger partial charge in [-0.1, -0.05) is 29.3 Å². The van der Waals surface area contributed by atoms with Gasteiger partial charge in [0.2, 0.25) is 5.91 Å². The summed E-state index contributed by atoms with van der Waals surface area (Å²) in [6.07, 6.45) is 1.08. The van der Waals surface area contributed by atoms with Crippen molar-refractivity contribution in [1.82, 2.24) is 4.90 Å². The second-order valence-electron chi connectivity index (χ2n) is 6.19. The maximum atomic E-state index is 13.2. The number of halogens is 3. The Morgan fingerprint density at radius 3 is 2.46 bits per heavy atom. The van der Waals surface area contributed by atoms with Crippen LogP contribution in [0.25, 0.3) is 0 Å². The van der Waals surface area contributed by atoms with E-state index < -0.39 is 5.82 Å². The van der Waals surface area contributed by atoms with Crippen molar-refractivity contribution >= 4 is 40.7 Å². The quantitative estimate of drug-likeness (QED) is 0.825. The Hall–Kier alpha value is -2.11. The van der Waals surface area contributed by atoms with E-state index in [0.29, 0.717) is 47.2 Å². The number of carbonyl (C=O) groups is 2. The van der Waals surface area contributed by atoms with Crippen molar-refractivity contribution in [2.24, 2.45) is 5.92 Å². The Bertz CT molecular complexity index is 836. The number of benzene rings is 2. The second kappa shape index (κ2) is 8.06. The van der Waals surface area contributed by atoms with Crippen LogP contribution in [0.2, 0.25) is 10.0 Å². The molecule has 7 heteroatoms. The van der Waals surface area contributed by atoms with Gasteiger partial charge in [0, 0.05) is 29.7 Å². The molecule has 0 aliphatic carbocycles. The predicted octanol–water partition coefficient (Wildman–Crippen LogP) is 4.62. The SMILES string of the molecule is O=C(Nc1cccc(F)c1)C1CCN(C(=O)c2ccc(Cl)cc2Cl)CC1. The normalized spacial score (nSPS) is 15.0. The largest absolute Gasteiger partial charge is 0.339 e. The van der Waals surface area contributed by atoms with Crippen molar-refractivity contribution in [3.05, 3.63) is 63.9 Å². The highest BCUT2D eigenvalue weighted by atomic mass is 35.5. The lowest BCUT2D eigenvalue weighted by Crippen LogP contribution is -2.41. The molecule has 0 radical (unpaired) electrons. The lowest BCUT2D eigenvalue weighted by molar-refractivity contribution is -0.121. The van der Waals surface area contributed by atoms with Gasteiger partial charge in [0.25, 0.3) is 5.91 Å². The molecule has 26 heavy (non-hydrogen) atoms. The molecule has 0 saturated carbocycles. The third kappa shape index (κ3) is 4.34. The molecule has 1 saturated heterocycles. The number of nitrogens with one attached hydrogen (secondary N) is 1. The first kappa shape index (κ1) is 18.7. The maximum absolute atomic E-state index is 13.2. The fourth-order valence-electron chi connectivity index (χ4n) is 2.99. The molecule has 1 aliphatic heterocycles. The molecular formula is C19H17Cl2FN2O2. The molecular weight excluding hydrogens is 378 g/mol. The number of likely N-dealkylation sites (tertiary alicyclic amines) is 1. The Morgan fingerprint density at radius 1 is 1.08 bits per heavy atom. The first-order valence-corrected chi connectivity index (χ1v) is 9.00. The lowest BCUT2D eigenvalue weighted by atomic mass is 9.95. The zero-order chi connectivity index (χ0) is 18.7. The predicted molar refractivity (Wildman–Crippen MR) is 100 cm³/mol. The van der Waals surface area contributed by atoms with Crippen LogP contribution in [0.1, 0.15) is 23.2 Å². The molecule has 2 amide bonds. The van der Waals surface area contributed by atoms with Gasteiger partial charge in [-0.2, -0.15) is 0 Å². The highest BCUT2D eigenvalue weighted by Gasteiger charge is 2.28. The monoisotopic (exact) mass is 394 g/mol. The molecule has 2 aromatic rings. The van der Waals surface area contributed by atoms with E-state index in [1.807, 2.05) is 0 Å². The average Bonchev–Trinajstić information content (AvgIpc) is 2.61. The number of piperidine rings is 1. The molecule has 1 heterocycles. The molecule has 1 fully saturated rings. The summed E-state index contributed by atoms with van der Waals surface area (Å²) in [5.74, 6) is -0.950. The zero-order valence-electron chi connectivity index (χ0n) is 13.8. The van der Waals surface area contributed by atoms with Gasteiger partial charge in [-0.15, -0.1) is 0 Å². The Labute approximate surface area is 160 Å². The lowest BCUT2D eigenvalue weighted by Gasteiger charge is -2.31. The van der Waals surface area contributed by atoms with Gasteiger partial charge in [-0.3, -0.25) is 9.59 Å². The van der Waals surface area contributed by atoms with Gasteiger partial charge in [0.1, 0.15) is 5.82 Å². The third-order valence-corrected chi connectivity index (χ3v) is 4.95.